The van der Waals surface area contributed by atoms with Crippen LogP contribution in [-0.2, 0) is 4.74 Å². The first-order valence-electron chi connectivity index (χ1n) is 4.81. The highest BCUT2D eigenvalue weighted by Crippen LogP contribution is 2.16. The molecular formula is C10H18O2. The molecule has 12 heavy (non-hydrogen) atoms. The molecule has 1 aliphatic rings. The summed E-state index contributed by atoms with van der Waals surface area (Å²) < 4.78 is 5.09. The minimum absolute atomic E-state index is 0.528. The van der Waals surface area contributed by atoms with Crippen LogP contribution in [0.2, 0.25) is 0 Å². The molecule has 1 N–H and O–H groups in total. The average Bonchev–Trinajstić information content (AvgIpc) is 2.09. The van der Waals surface area contributed by atoms with Gasteiger partial charge in [-0.3, -0.25) is 0 Å². The summed E-state index contributed by atoms with van der Waals surface area (Å²) in [5, 5.41) is 8.99. The zero-order chi connectivity index (χ0) is 8.81. The molecule has 0 amide bonds. The third-order valence-corrected chi connectivity index (χ3v) is 2.21. The Hall–Kier alpha value is -0.340. The maximum Gasteiger partial charge on any atom is 0.174 e. The largest absolute Gasteiger partial charge is 0.365 e. The van der Waals surface area contributed by atoms with Gasteiger partial charge in [0.05, 0.1) is 6.61 Å². The predicted molar refractivity (Wildman–Crippen MR) is 48.7 cm³/mol. The molecule has 0 spiro atoms. The smallest absolute Gasteiger partial charge is 0.174 e. The van der Waals surface area contributed by atoms with Crippen molar-refractivity contribution in [3.05, 3.63) is 12.2 Å². The van der Waals surface area contributed by atoms with E-state index in [9.17, 15) is 0 Å². The van der Waals surface area contributed by atoms with E-state index in [1.165, 1.54) is 25.7 Å². The Morgan fingerprint density at radius 1 is 1.42 bits per heavy atom. The van der Waals surface area contributed by atoms with Crippen molar-refractivity contribution >= 4 is 0 Å². The van der Waals surface area contributed by atoms with Crippen molar-refractivity contribution in [3.8, 4) is 0 Å². The zero-order valence-electron chi connectivity index (χ0n) is 7.70. The van der Waals surface area contributed by atoms with Crippen LogP contribution < -0.4 is 0 Å². The lowest BCUT2D eigenvalue weighted by Crippen LogP contribution is -2.20. The first-order valence-corrected chi connectivity index (χ1v) is 4.81. The fraction of sp³-hybridized carbons (Fsp3) is 0.800. The van der Waals surface area contributed by atoms with Gasteiger partial charge in [-0.1, -0.05) is 32.3 Å². The molecule has 1 aliphatic heterocycles. The molecule has 0 aromatic heterocycles. The summed E-state index contributed by atoms with van der Waals surface area (Å²) in [5.41, 5.74) is 0. The van der Waals surface area contributed by atoms with Gasteiger partial charge in [0.25, 0.3) is 0 Å². The normalized spacial score (nSPS) is 29.2. The van der Waals surface area contributed by atoms with E-state index in [-0.39, 0.29) is 0 Å². The minimum atomic E-state index is -0.660. The summed E-state index contributed by atoms with van der Waals surface area (Å²) >= 11 is 0. The molecule has 2 nitrogen and oxygen atoms in total. The summed E-state index contributed by atoms with van der Waals surface area (Å²) in [6, 6.07) is 0. The number of ether oxygens (including phenoxy) is 1. The number of rotatable bonds is 4. The molecular weight excluding hydrogens is 152 g/mol. The van der Waals surface area contributed by atoms with Crippen LogP contribution in [0.1, 0.15) is 32.6 Å². The van der Waals surface area contributed by atoms with E-state index in [1.54, 1.807) is 6.08 Å². The van der Waals surface area contributed by atoms with Crippen LogP contribution in [0, 0.1) is 5.92 Å². The highest BCUT2D eigenvalue weighted by Gasteiger charge is 2.12. The second-order valence-electron chi connectivity index (χ2n) is 3.36. The van der Waals surface area contributed by atoms with E-state index in [0.29, 0.717) is 12.5 Å². The highest BCUT2D eigenvalue weighted by atomic mass is 16.6. The molecule has 0 fully saturated rings. The van der Waals surface area contributed by atoms with E-state index in [0.717, 1.165) is 0 Å². The van der Waals surface area contributed by atoms with E-state index >= 15 is 0 Å². The molecule has 0 radical (unpaired) electrons. The monoisotopic (exact) mass is 170 g/mol. The Labute approximate surface area is 74.2 Å². The van der Waals surface area contributed by atoms with Crippen LogP contribution in [0.15, 0.2) is 12.2 Å². The Balaban J connectivity index is 2.13. The Morgan fingerprint density at radius 3 is 2.83 bits per heavy atom. The summed E-state index contributed by atoms with van der Waals surface area (Å²) in [6.45, 7) is 2.89. The van der Waals surface area contributed by atoms with Crippen LogP contribution in [0.4, 0.5) is 0 Å². The fourth-order valence-electron chi connectivity index (χ4n) is 1.42. The highest BCUT2D eigenvalue weighted by molar-refractivity contribution is 4.93. The topological polar surface area (TPSA) is 29.5 Å². The minimum Gasteiger partial charge on any atom is -0.365 e. The number of hydrogen-bond donors (Lipinski definition) is 1. The average molecular weight is 170 g/mol. The van der Waals surface area contributed by atoms with Crippen LogP contribution in [-0.4, -0.2) is 18.0 Å². The third kappa shape index (κ3) is 3.37. The van der Waals surface area contributed by atoms with E-state index in [4.69, 9.17) is 9.84 Å². The maximum atomic E-state index is 8.99. The number of hydrogen-bond acceptors (Lipinski definition) is 2. The lowest BCUT2D eigenvalue weighted by molar-refractivity contribution is -0.0812. The van der Waals surface area contributed by atoms with Gasteiger partial charge in [-0.15, -0.1) is 0 Å². The zero-order valence-corrected chi connectivity index (χ0v) is 7.70. The van der Waals surface area contributed by atoms with Gasteiger partial charge in [-0.25, -0.2) is 0 Å². The Morgan fingerprint density at radius 2 is 2.25 bits per heavy atom. The molecule has 2 heteroatoms. The second-order valence-corrected chi connectivity index (χ2v) is 3.36. The van der Waals surface area contributed by atoms with E-state index in [1.807, 2.05) is 0 Å². The molecule has 70 valence electrons. The first-order chi connectivity index (χ1) is 5.83. The molecule has 0 aromatic carbocycles. The van der Waals surface area contributed by atoms with Gasteiger partial charge in [0.2, 0.25) is 0 Å². The van der Waals surface area contributed by atoms with Gasteiger partial charge in [0.15, 0.2) is 6.29 Å². The number of unbranched alkanes of at least 4 members (excludes halogenated alkanes) is 2. The molecule has 0 bridgehead atoms. The van der Waals surface area contributed by atoms with Crippen molar-refractivity contribution in [1.29, 1.82) is 0 Å². The van der Waals surface area contributed by atoms with Crippen LogP contribution in [0.5, 0.6) is 0 Å². The summed E-state index contributed by atoms with van der Waals surface area (Å²) in [7, 11) is 0. The second kappa shape index (κ2) is 5.33. The standard InChI is InChI=1S/C10H18O2/c1-2-3-4-5-9-6-7-10(11)12-8-9/h6-7,9-11H,2-5,8H2,1H3. The van der Waals surface area contributed by atoms with Gasteiger partial charge in [0, 0.05) is 5.92 Å². The maximum absolute atomic E-state index is 8.99. The fourth-order valence-corrected chi connectivity index (χ4v) is 1.42. The van der Waals surface area contributed by atoms with Crippen molar-refractivity contribution in [2.24, 2.45) is 5.92 Å². The van der Waals surface area contributed by atoms with Crippen molar-refractivity contribution in [3.63, 3.8) is 0 Å². The van der Waals surface area contributed by atoms with Crippen LogP contribution in [0.3, 0.4) is 0 Å². The molecule has 0 aliphatic carbocycles. The third-order valence-electron chi connectivity index (χ3n) is 2.21. The van der Waals surface area contributed by atoms with Crippen molar-refractivity contribution in [2.45, 2.75) is 38.9 Å². The van der Waals surface area contributed by atoms with E-state index < -0.39 is 6.29 Å². The van der Waals surface area contributed by atoms with Crippen molar-refractivity contribution in [2.75, 3.05) is 6.61 Å². The Kier molecular flexibility index (Phi) is 4.33. The summed E-state index contributed by atoms with van der Waals surface area (Å²) in [5.74, 6) is 0.528. The molecule has 2 atom stereocenters. The molecule has 0 saturated heterocycles. The molecule has 0 aromatic rings. The first kappa shape index (κ1) is 9.75. The van der Waals surface area contributed by atoms with Crippen LogP contribution in [0.25, 0.3) is 0 Å². The number of aliphatic hydroxyl groups is 1. The Bertz CT molecular complexity index is 143. The van der Waals surface area contributed by atoms with Gasteiger partial charge < -0.3 is 9.84 Å². The molecule has 1 rings (SSSR count). The van der Waals surface area contributed by atoms with Crippen LogP contribution >= 0.6 is 0 Å². The van der Waals surface area contributed by atoms with Gasteiger partial charge in [0.1, 0.15) is 0 Å². The van der Waals surface area contributed by atoms with Crippen molar-refractivity contribution < 1.29 is 9.84 Å². The predicted octanol–water partition coefficient (Wildman–Crippen LogP) is 2.09. The summed E-state index contributed by atoms with van der Waals surface area (Å²) in [4.78, 5) is 0. The summed E-state index contributed by atoms with van der Waals surface area (Å²) in [6.07, 6.45) is 8.17. The van der Waals surface area contributed by atoms with Gasteiger partial charge in [-0.05, 0) is 12.5 Å². The molecule has 0 saturated carbocycles. The SMILES string of the molecule is CCCCCC1C=CC(O)OC1. The van der Waals surface area contributed by atoms with Crippen molar-refractivity contribution in [1.82, 2.24) is 0 Å². The lowest BCUT2D eigenvalue weighted by Gasteiger charge is -2.19. The lowest BCUT2D eigenvalue weighted by atomic mass is 10.0. The number of aliphatic hydroxyl groups excluding tert-OH is 1. The quantitative estimate of drug-likeness (QED) is 0.517. The molecule has 1 heterocycles. The van der Waals surface area contributed by atoms with Gasteiger partial charge in [-0.2, -0.15) is 0 Å². The molecule has 2 unspecified atom stereocenters. The van der Waals surface area contributed by atoms with E-state index in [2.05, 4.69) is 13.0 Å². The van der Waals surface area contributed by atoms with Gasteiger partial charge >= 0.3 is 0 Å².